The first-order valence-corrected chi connectivity index (χ1v) is 11.2. The highest BCUT2D eigenvalue weighted by atomic mass is 35.5. The molecule has 2 aromatic carbocycles. The second-order valence-corrected chi connectivity index (χ2v) is 8.23. The third kappa shape index (κ3) is 5.84. The van der Waals surface area contributed by atoms with E-state index in [0.29, 0.717) is 45.4 Å². The van der Waals surface area contributed by atoms with Crippen molar-refractivity contribution in [3.8, 4) is 11.5 Å². The smallest absolute Gasteiger partial charge is 0.234 e. The van der Waals surface area contributed by atoms with Gasteiger partial charge in [-0.2, -0.15) is 0 Å². The fraction of sp³-hybridized carbons (Fsp3) is 0.286. The molecule has 164 valence electrons. The first-order valence-electron chi connectivity index (χ1n) is 9.45. The number of nitrogens with one attached hydrogen (secondary N) is 1. The Labute approximate surface area is 195 Å². The van der Waals surface area contributed by atoms with E-state index in [-0.39, 0.29) is 11.7 Å². The Kier molecular flexibility index (Phi) is 8.06. The summed E-state index contributed by atoms with van der Waals surface area (Å²) in [5.41, 5.74) is 1.61. The summed E-state index contributed by atoms with van der Waals surface area (Å²) in [7, 11) is 3.21. The van der Waals surface area contributed by atoms with E-state index in [4.69, 9.17) is 32.7 Å². The van der Waals surface area contributed by atoms with Crippen molar-refractivity contribution in [2.75, 3.05) is 25.3 Å². The number of methoxy groups -OCH3 is 2. The monoisotopic (exact) mass is 480 g/mol. The number of aromatic nitrogens is 3. The molecule has 0 radical (unpaired) electrons. The molecule has 10 heteroatoms. The van der Waals surface area contributed by atoms with E-state index in [2.05, 4.69) is 15.5 Å². The number of amides is 1. The van der Waals surface area contributed by atoms with Gasteiger partial charge >= 0.3 is 0 Å². The van der Waals surface area contributed by atoms with Crippen LogP contribution in [0.2, 0.25) is 10.0 Å². The van der Waals surface area contributed by atoms with Gasteiger partial charge in [-0.15, -0.1) is 10.2 Å². The van der Waals surface area contributed by atoms with Gasteiger partial charge in [0, 0.05) is 18.7 Å². The van der Waals surface area contributed by atoms with Crippen molar-refractivity contribution < 1.29 is 14.3 Å². The van der Waals surface area contributed by atoms with E-state index < -0.39 is 0 Å². The van der Waals surface area contributed by atoms with E-state index in [1.807, 2.05) is 29.7 Å². The van der Waals surface area contributed by atoms with Crippen LogP contribution in [0.3, 0.4) is 0 Å². The number of hydrogen-bond acceptors (Lipinski definition) is 6. The molecule has 0 saturated heterocycles. The summed E-state index contributed by atoms with van der Waals surface area (Å²) in [6, 6.07) is 10.7. The molecule has 3 aromatic rings. The molecule has 1 amide bonds. The van der Waals surface area contributed by atoms with Crippen LogP contribution in [0.1, 0.15) is 18.3 Å². The summed E-state index contributed by atoms with van der Waals surface area (Å²) in [4.78, 5) is 12.3. The molecule has 0 saturated carbocycles. The van der Waals surface area contributed by atoms with E-state index >= 15 is 0 Å². The molecule has 7 nitrogen and oxygen atoms in total. The summed E-state index contributed by atoms with van der Waals surface area (Å²) in [6.07, 6.45) is 0.581. The molecule has 31 heavy (non-hydrogen) atoms. The Balaban J connectivity index is 1.65. The number of nitrogens with zero attached hydrogens (tertiary/aromatic N) is 3. The molecule has 0 aliphatic rings. The molecule has 0 unspecified atom stereocenters. The third-order valence-electron chi connectivity index (χ3n) is 4.46. The molecule has 0 bridgehead atoms. The minimum Gasteiger partial charge on any atom is -0.493 e. The number of thioether (sulfide) groups is 1. The van der Waals surface area contributed by atoms with Crippen molar-refractivity contribution in [2.24, 2.45) is 0 Å². The predicted octanol–water partition coefficient (Wildman–Crippen LogP) is 4.94. The van der Waals surface area contributed by atoms with Gasteiger partial charge in [0.05, 0.1) is 30.0 Å². The standard InChI is InChI=1S/C21H22Cl2N4O3S/c1-4-27-19(10-13-5-8-17(29-2)18(9-13)30-3)25-26-21(27)31-12-20(28)24-14-6-7-15(22)16(23)11-14/h5-9,11H,4,10,12H2,1-3H3,(H,24,28). The lowest BCUT2D eigenvalue weighted by atomic mass is 10.1. The first kappa shape index (κ1) is 23.2. The van der Waals surface area contributed by atoms with Gasteiger partial charge in [-0.05, 0) is 42.8 Å². The van der Waals surface area contributed by atoms with Crippen LogP contribution in [0, 0.1) is 0 Å². The van der Waals surface area contributed by atoms with Gasteiger partial charge in [0.15, 0.2) is 16.7 Å². The molecule has 0 aliphatic carbocycles. The van der Waals surface area contributed by atoms with Crippen molar-refractivity contribution in [3.05, 3.63) is 57.8 Å². The van der Waals surface area contributed by atoms with Crippen LogP contribution in [0.5, 0.6) is 11.5 Å². The largest absolute Gasteiger partial charge is 0.493 e. The minimum absolute atomic E-state index is 0.171. The number of benzene rings is 2. The molecule has 0 aliphatic heterocycles. The highest BCUT2D eigenvalue weighted by Gasteiger charge is 2.15. The molecular weight excluding hydrogens is 459 g/mol. The highest BCUT2D eigenvalue weighted by Crippen LogP contribution is 2.29. The highest BCUT2D eigenvalue weighted by molar-refractivity contribution is 7.99. The number of carbonyl (C=O) groups excluding carboxylic acids is 1. The average molecular weight is 481 g/mol. The Bertz CT molecular complexity index is 1070. The zero-order chi connectivity index (χ0) is 22.4. The van der Waals surface area contributed by atoms with E-state index in [1.165, 1.54) is 11.8 Å². The van der Waals surface area contributed by atoms with E-state index in [1.54, 1.807) is 32.4 Å². The van der Waals surface area contributed by atoms with Gasteiger partial charge in [0.2, 0.25) is 5.91 Å². The zero-order valence-corrected chi connectivity index (χ0v) is 19.6. The number of anilines is 1. The van der Waals surface area contributed by atoms with Crippen molar-refractivity contribution in [2.45, 2.75) is 25.0 Å². The second kappa shape index (κ2) is 10.7. The van der Waals surface area contributed by atoms with Gasteiger partial charge in [-0.3, -0.25) is 4.79 Å². The van der Waals surface area contributed by atoms with E-state index in [9.17, 15) is 4.79 Å². The summed E-state index contributed by atoms with van der Waals surface area (Å²) >= 11 is 13.2. The van der Waals surface area contributed by atoms with Gasteiger partial charge in [-0.25, -0.2) is 0 Å². The van der Waals surface area contributed by atoms with Crippen LogP contribution in [0.15, 0.2) is 41.6 Å². The number of carbonyl (C=O) groups is 1. The zero-order valence-electron chi connectivity index (χ0n) is 17.3. The fourth-order valence-electron chi connectivity index (χ4n) is 2.95. The van der Waals surface area contributed by atoms with Crippen LogP contribution in [0.25, 0.3) is 0 Å². The summed E-state index contributed by atoms with van der Waals surface area (Å²) < 4.78 is 12.7. The molecular formula is C21H22Cl2N4O3S. The Morgan fingerprint density at radius 3 is 2.52 bits per heavy atom. The summed E-state index contributed by atoms with van der Waals surface area (Å²) in [5.74, 6) is 2.16. The molecule has 1 heterocycles. The van der Waals surface area contributed by atoms with Gasteiger partial charge in [0.25, 0.3) is 0 Å². The molecule has 3 rings (SSSR count). The summed E-state index contributed by atoms with van der Waals surface area (Å²) in [6.45, 7) is 2.70. The van der Waals surface area contributed by atoms with E-state index in [0.717, 1.165) is 11.4 Å². The van der Waals surface area contributed by atoms with Crippen molar-refractivity contribution >= 4 is 46.6 Å². The number of rotatable bonds is 9. The van der Waals surface area contributed by atoms with Gasteiger partial charge in [0.1, 0.15) is 5.82 Å². The Morgan fingerprint density at radius 2 is 1.84 bits per heavy atom. The normalized spacial score (nSPS) is 10.7. The first-order chi connectivity index (χ1) is 14.9. The molecule has 0 atom stereocenters. The van der Waals surface area contributed by atoms with Gasteiger partial charge < -0.3 is 19.4 Å². The van der Waals surface area contributed by atoms with Crippen LogP contribution < -0.4 is 14.8 Å². The molecule has 0 fully saturated rings. The van der Waals surface area contributed by atoms with Crippen molar-refractivity contribution in [3.63, 3.8) is 0 Å². The number of halogens is 2. The van der Waals surface area contributed by atoms with Crippen LogP contribution in [0.4, 0.5) is 5.69 Å². The Hall–Kier alpha value is -2.42. The Morgan fingerprint density at radius 1 is 1.06 bits per heavy atom. The van der Waals surface area contributed by atoms with Crippen molar-refractivity contribution in [1.82, 2.24) is 14.8 Å². The average Bonchev–Trinajstić information content (AvgIpc) is 3.16. The lowest BCUT2D eigenvalue weighted by Crippen LogP contribution is -2.14. The quantitative estimate of drug-likeness (QED) is 0.436. The lowest BCUT2D eigenvalue weighted by molar-refractivity contribution is -0.113. The van der Waals surface area contributed by atoms with Crippen molar-refractivity contribution in [1.29, 1.82) is 0 Å². The number of hydrogen-bond donors (Lipinski definition) is 1. The third-order valence-corrected chi connectivity index (χ3v) is 6.16. The topological polar surface area (TPSA) is 78.3 Å². The van der Waals surface area contributed by atoms with Gasteiger partial charge in [-0.1, -0.05) is 41.0 Å². The van der Waals surface area contributed by atoms with Crippen LogP contribution >= 0.6 is 35.0 Å². The number of ether oxygens (including phenoxy) is 2. The van der Waals surface area contributed by atoms with Crippen LogP contribution in [-0.2, 0) is 17.8 Å². The summed E-state index contributed by atoms with van der Waals surface area (Å²) in [5, 5.41) is 12.9. The minimum atomic E-state index is -0.171. The maximum absolute atomic E-state index is 12.3. The molecule has 1 aromatic heterocycles. The lowest BCUT2D eigenvalue weighted by Gasteiger charge is -2.10. The predicted molar refractivity (Wildman–Crippen MR) is 124 cm³/mol. The fourth-order valence-corrected chi connectivity index (χ4v) is 4.07. The maximum Gasteiger partial charge on any atom is 0.234 e. The molecule has 1 N–H and O–H groups in total. The molecule has 0 spiro atoms. The van der Waals surface area contributed by atoms with Crippen LogP contribution in [-0.4, -0.2) is 40.6 Å². The second-order valence-electron chi connectivity index (χ2n) is 6.47. The SMILES string of the molecule is CCn1c(Cc2ccc(OC)c(OC)c2)nnc1SCC(=O)Nc1ccc(Cl)c(Cl)c1. The maximum atomic E-state index is 12.3.